The standard InChI is InChI=1S/C13H16ClN3O/c1-8-9(5-6-18-8)7-17-11-4-2-3-10(14)12(11)16-13(17)15/h2-4,8-9H,5-7H2,1H3,(H2,15,16). The van der Waals surface area contributed by atoms with Gasteiger partial charge in [0, 0.05) is 19.1 Å². The van der Waals surface area contributed by atoms with Crippen molar-refractivity contribution in [1.29, 1.82) is 0 Å². The number of nitrogens with two attached hydrogens (primary N) is 1. The first-order chi connectivity index (χ1) is 8.66. The van der Waals surface area contributed by atoms with Crippen LogP contribution in [0.5, 0.6) is 0 Å². The highest BCUT2D eigenvalue weighted by molar-refractivity contribution is 6.35. The Morgan fingerprint density at radius 2 is 2.39 bits per heavy atom. The number of para-hydroxylation sites is 1. The third-order valence-electron chi connectivity index (χ3n) is 3.71. The molecule has 3 rings (SSSR count). The summed E-state index contributed by atoms with van der Waals surface area (Å²) in [5.74, 6) is 1.01. The van der Waals surface area contributed by atoms with Gasteiger partial charge < -0.3 is 15.0 Å². The van der Waals surface area contributed by atoms with E-state index in [-0.39, 0.29) is 6.10 Å². The van der Waals surface area contributed by atoms with E-state index in [0.29, 0.717) is 16.9 Å². The number of aromatic nitrogens is 2. The molecule has 1 aromatic heterocycles. The molecule has 0 spiro atoms. The molecule has 2 atom stereocenters. The molecule has 0 amide bonds. The minimum Gasteiger partial charge on any atom is -0.378 e. The van der Waals surface area contributed by atoms with Crippen molar-refractivity contribution in [2.24, 2.45) is 5.92 Å². The predicted molar refractivity (Wildman–Crippen MR) is 72.7 cm³/mol. The van der Waals surface area contributed by atoms with Crippen LogP contribution >= 0.6 is 11.6 Å². The normalized spacial score (nSPS) is 23.9. The lowest BCUT2D eigenvalue weighted by Gasteiger charge is -2.16. The van der Waals surface area contributed by atoms with Crippen molar-refractivity contribution >= 4 is 28.6 Å². The first kappa shape index (κ1) is 11.8. The van der Waals surface area contributed by atoms with Crippen LogP contribution in [0.1, 0.15) is 13.3 Å². The molecular weight excluding hydrogens is 250 g/mol. The molecule has 0 saturated carbocycles. The minimum absolute atomic E-state index is 0.279. The van der Waals surface area contributed by atoms with Gasteiger partial charge >= 0.3 is 0 Å². The van der Waals surface area contributed by atoms with Crippen LogP contribution in [-0.4, -0.2) is 22.3 Å². The fourth-order valence-electron chi connectivity index (χ4n) is 2.57. The summed E-state index contributed by atoms with van der Waals surface area (Å²) in [6.45, 7) is 3.78. The summed E-state index contributed by atoms with van der Waals surface area (Å²) < 4.78 is 7.63. The molecule has 2 aromatic rings. The summed E-state index contributed by atoms with van der Waals surface area (Å²) in [5.41, 5.74) is 7.78. The first-order valence-electron chi connectivity index (χ1n) is 6.18. The lowest BCUT2D eigenvalue weighted by Crippen LogP contribution is -2.18. The van der Waals surface area contributed by atoms with E-state index in [1.54, 1.807) is 0 Å². The lowest BCUT2D eigenvalue weighted by molar-refractivity contribution is 0.102. The number of nitrogens with zero attached hydrogens (tertiary/aromatic N) is 2. The monoisotopic (exact) mass is 265 g/mol. The van der Waals surface area contributed by atoms with Gasteiger partial charge in [0.25, 0.3) is 0 Å². The lowest BCUT2D eigenvalue weighted by atomic mass is 10.0. The summed E-state index contributed by atoms with van der Waals surface area (Å²) in [6.07, 6.45) is 1.35. The number of anilines is 1. The number of rotatable bonds is 2. The van der Waals surface area contributed by atoms with Gasteiger partial charge in [0.15, 0.2) is 0 Å². The van der Waals surface area contributed by atoms with Crippen LogP contribution in [0, 0.1) is 5.92 Å². The Kier molecular flexibility index (Phi) is 2.92. The second-order valence-corrected chi connectivity index (χ2v) is 5.22. The summed E-state index contributed by atoms with van der Waals surface area (Å²) in [7, 11) is 0. The Labute approximate surface area is 111 Å². The third kappa shape index (κ3) is 1.85. The van der Waals surface area contributed by atoms with E-state index in [9.17, 15) is 0 Å². The molecule has 5 heteroatoms. The largest absolute Gasteiger partial charge is 0.378 e. The van der Waals surface area contributed by atoms with Gasteiger partial charge in [-0.25, -0.2) is 4.98 Å². The van der Waals surface area contributed by atoms with E-state index in [0.717, 1.165) is 30.6 Å². The number of hydrogen-bond acceptors (Lipinski definition) is 3. The van der Waals surface area contributed by atoms with Crippen molar-refractivity contribution in [2.75, 3.05) is 12.3 Å². The van der Waals surface area contributed by atoms with Gasteiger partial charge in [-0.1, -0.05) is 17.7 Å². The van der Waals surface area contributed by atoms with Gasteiger partial charge in [-0.3, -0.25) is 0 Å². The SMILES string of the molecule is CC1OCCC1Cn1c(N)nc2c(Cl)cccc21. The van der Waals surface area contributed by atoms with Crippen LogP contribution in [0.3, 0.4) is 0 Å². The van der Waals surface area contributed by atoms with E-state index in [4.69, 9.17) is 22.1 Å². The number of ether oxygens (including phenoxy) is 1. The molecule has 1 saturated heterocycles. The summed E-state index contributed by atoms with van der Waals surface area (Å²) >= 11 is 6.13. The van der Waals surface area contributed by atoms with Crippen molar-refractivity contribution < 1.29 is 4.74 Å². The Morgan fingerprint density at radius 3 is 3.11 bits per heavy atom. The van der Waals surface area contributed by atoms with Gasteiger partial charge in [-0.05, 0) is 25.5 Å². The quantitative estimate of drug-likeness (QED) is 0.908. The first-order valence-corrected chi connectivity index (χ1v) is 6.56. The second kappa shape index (κ2) is 4.44. The van der Waals surface area contributed by atoms with E-state index < -0.39 is 0 Å². The molecule has 0 aliphatic carbocycles. The highest BCUT2D eigenvalue weighted by atomic mass is 35.5. The zero-order chi connectivity index (χ0) is 12.7. The number of fused-ring (bicyclic) bond motifs is 1. The molecule has 0 bridgehead atoms. The number of imidazole rings is 1. The molecular formula is C13H16ClN3O. The smallest absolute Gasteiger partial charge is 0.201 e. The van der Waals surface area contributed by atoms with E-state index in [2.05, 4.69) is 11.9 Å². The fraction of sp³-hybridized carbons (Fsp3) is 0.462. The van der Waals surface area contributed by atoms with E-state index >= 15 is 0 Å². The number of benzene rings is 1. The van der Waals surface area contributed by atoms with Crippen molar-refractivity contribution in [1.82, 2.24) is 9.55 Å². The highest BCUT2D eigenvalue weighted by Gasteiger charge is 2.26. The minimum atomic E-state index is 0.279. The van der Waals surface area contributed by atoms with E-state index in [1.807, 2.05) is 22.8 Å². The van der Waals surface area contributed by atoms with Crippen molar-refractivity contribution in [3.8, 4) is 0 Å². The van der Waals surface area contributed by atoms with Gasteiger partial charge in [-0.2, -0.15) is 0 Å². The molecule has 2 unspecified atom stereocenters. The number of hydrogen-bond donors (Lipinski definition) is 1. The number of nitrogen functional groups attached to an aromatic ring is 1. The Balaban J connectivity index is 2.01. The van der Waals surface area contributed by atoms with Crippen LogP contribution in [0.2, 0.25) is 5.02 Å². The predicted octanol–water partition coefficient (Wildman–Crippen LogP) is 2.70. The van der Waals surface area contributed by atoms with Crippen LogP contribution in [-0.2, 0) is 11.3 Å². The average molecular weight is 266 g/mol. The summed E-state index contributed by atoms with van der Waals surface area (Å²) in [4.78, 5) is 4.35. The molecule has 18 heavy (non-hydrogen) atoms. The molecule has 2 N–H and O–H groups in total. The maximum atomic E-state index is 6.13. The molecule has 1 aromatic carbocycles. The maximum Gasteiger partial charge on any atom is 0.201 e. The molecule has 2 heterocycles. The molecule has 1 aliphatic rings. The fourth-order valence-corrected chi connectivity index (χ4v) is 2.78. The van der Waals surface area contributed by atoms with E-state index in [1.165, 1.54) is 0 Å². The molecule has 4 nitrogen and oxygen atoms in total. The summed E-state index contributed by atoms with van der Waals surface area (Å²) in [5, 5.41) is 0.647. The Bertz CT molecular complexity index is 581. The Hall–Kier alpha value is -1.26. The van der Waals surface area contributed by atoms with Gasteiger partial charge in [0.1, 0.15) is 5.52 Å². The van der Waals surface area contributed by atoms with Crippen LogP contribution in [0.25, 0.3) is 11.0 Å². The summed E-state index contributed by atoms with van der Waals surface area (Å²) in [6, 6.07) is 5.77. The molecule has 1 aliphatic heterocycles. The van der Waals surface area contributed by atoms with Gasteiger partial charge in [-0.15, -0.1) is 0 Å². The molecule has 1 fully saturated rings. The Morgan fingerprint density at radius 1 is 1.56 bits per heavy atom. The average Bonchev–Trinajstić information content (AvgIpc) is 2.87. The molecule has 96 valence electrons. The maximum absolute atomic E-state index is 6.13. The van der Waals surface area contributed by atoms with Crippen LogP contribution in [0.15, 0.2) is 18.2 Å². The van der Waals surface area contributed by atoms with Gasteiger partial charge in [0.2, 0.25) is 5.95 Å². The van der Waals surface area contributed by atoms with Crippen LogP contribution in [0.4, 0.5) is 5.95 Å². The topological polar surface area (TPSA) is 53.1 Å². The van der Waals surface area contributed by atoms with Crippen molar-refractivity contribution in [3.63, 3.8) is 0 Å². The van der Waals surface area contributed by atoms with Crippen LogP contribution < -0.4 is 5.73 Å². The van der Waals surface area contributed by atoms with Crippen molar-refractivity contribution in [3.05, 3.63) is 23.2 Å². The van der Waals surface area contributed by atoms with Gasteiger partial charge in [0.05, 0.1) is 16.6 Å². The number of halogens is 1. The molecule has 0 radical (unpaired) electrons. The third-order valence-corrected chi connectivity index (χ3v) is 4.01. The second-order valence-electron chi connectivity index (χ2n) is 4.81. The zero-order valence-electron chi connectivity index (χ0n) is 10.3. The van der Waals surface area contributed by atoms with Crippen molar-refractivity contribution in [2.45, 2.75) is 26.0 Å². The zero-order valence-corrected chi connectivity index (χ0v) is 11.0. The highest BCUT2D eigenvalue weighted by Crippen LogP contribution is 2.29.